The molecular formula is C28H26ClN5O3S. The Hall–Kier alpha value is -3.82. The van der Waals surface area contributed by atoms with E-state index >= 15 is 0 Å². The Labute approximate surface area is 230 Å². The van der Waals surface area contributed by atoms with Gasteiger partial charge in [-0.1, -0.05) is 53.2 Å². The van der Waals surface area contributed by atoms with E-state index in [1.54, 1.807) is 12.1 Å². The number of carbonyl (C=O) groups excluding carboxylic acids is 2. The average Bonchev–Trinajstić information content (AvgIpc) is 3.42. The first-order chi connectivity index (χ1) is 18.5. The van der Waals surface area contributed by atoms with E-state index in [4.69, 9.17) is 16.0 Å². The average molecular weight is 548 g/mol. The van der Waals surface area contributed by atoms with Gasteiger partial charge in [-0.3, -0.25) is 9.59 Å². The van der Waals surface area contributed by atoms with Crippen LogP contribution >= 0.6 is 23.4 Å². The van der Waals surface area contributed by atoms with Crippen LogP contribution in [0.2, 0.25) is 5.02 Å². The van der Waals surface area contributed by atoms with Gasteiger partial charge in [0.2, 0.25) is 11.8 Å². The van der Waals surface area contributed by atoms with Crippen molar-refractivity contribution in [3.8, 4) is 11.5 Å². The van der Waals surface area contributed by atoms with Crippen molar-refractivity contribution >= 4 is 46.6 Å². The van der Waals surface area contributed by atoms with Crippen molar-refractivity contribution < 1.29 is 14.0 Å². The second-order valence-corrected chi connectivity index (χ2v) is 10.2. The standard InChI is InChI=1S/C28H26ClN5O3S/c1-19-6-8-20(9-7-19)26-31-32-28(37-26)38-18-25(35)30-21-10-12-22(13-11-21)33-14-16-34(17-15-33)27(36)23-4-2-3-5-24(23)29/h2-13H,14-18H2,1H3,(H,30,35). The number of piperazine rings is 1. The fourth-order valence-electron chi connectivity index (χ4n) is 4.13. The van der Waals surface area contributed by atoms with Gasteiger partial charge in [0.25, 0.3) is 11.1 Å². The van der Waals surface area contributed by atoms with Gasteiger partial charge >= 0.3 is 0 Å². The molecule has 0 bridgehead atoms. The predicted octanol–water partition coefficient (Wildman–Crippen LogP) is 5.39. The molecule has 10 heteroatoms. The topological polar surface area (TPSA) is 91.6 Å². The highest BCUT2D eigenvalue weighted by atomic mass is 35.5. The van der Waals surface area contributed by atoms with E-state index in [0.29, 0.717) is 53.6 Å². The highest BCUT2D eigenvalue weighted by molar-refractivity contribution is 7.99. The molecular weight excluding hydrogens is 522 g/mol. The van der Waals surface area contributed by atoms with Gasteiger partial charge in [0.1, 0.15) is 0 Å². The van der Waals surface area contributed by atoms with E-state index in [9.17, 15) is 9.59 Å². The van der Waals surface area contributed by atoms with Crippen molar-refractivity contribution in [2.75, 3.05) is 42.1 Å². The molecule has 1 N–H and O–H groups in total. The number of halogens is 1. The number of aryl methyl sites for hydroxylation is 1. The predicted molar refractivity (Wildman–Crippen MR) is 150 cm³/mol. The summed E-state index contributed by atoms with van der Waals surface area (Å²) in [6.45, 7) is 4.67. The van der Waals surface area contributed by atoms with Gasteiger partial charge in [0.15, 0.2) is 0 Å². The summed E-state index contributed by atoms with van der Waals surface area (Å²) in [6.07, 6.45) is 0. The van der Waals surface area contributed by atoms with Crippen molar-refractivity contribution in [2.24, 2.45) is 0 Å². The number of amides is 2. The Balaban J connectivity index is 1.09. The number of nitrogens with one attached hydrogen (secondary N) is 1. The first kappa shape index (κ1) is 25.8. The number of benzene rings is 3. The highest BCUT2D eigenvalue weighted by Crippen LogP contribution is 2.25. The van der Waals surface area contributed by atoms with Gasteiger partial charge in [-0.15, -0.1) is 10.2 Å². The Morgan fingerprint density at radius 2 is 1.66 bits per heavy atom. The summed E-state index contributed by atoms with van der Waals surface area (Å²) >= 11 is 7.39. The van der Waals surface area contributed by atoms with Gasteiger partial charge in [0, 0.05) is 43.1 Å². The quantitative estimate of drug-likeness (QED) is 0.310. The van der Waals surface area contributed by atoms with E-state index in [0.717, 1.165) is 16.8 Å². The number of anilines is 2. The van der Waals surface area contributed by atoms with Crippen LogP contribution in [0.3, 0.4) is 0 Å². The molecule has 0 saturated carbocycles. The van der Waals surface area contributed by atoms with Crippen molar-refractivity contribution in [3.63, 3.8) is 0 Å². The molecule has 0 unspecified atom stereocenters. The third-order valence-corrected chi connectivity index (χ3v) is 7.37. The molecule has 1 aliphatic rings. The number of rotatable bonds is 7. The molecule has 38 heavy (non-hydrogen) atoms. The summed E-state index contributed by atoms with van der Waals surface area (Å²) in [7, 11) is 0. The summed E-state index contributed by atoms with van der Waals surface area (Å²) in [4.78, 5) is 29.3. The maximum atomic E-state index is 12.8. The molecule has 1 aliphatic heterocycles. The molecule has 0 atom stereocenters. The lowest BCUT2D eigenvalue weighted by Crippen LogP contribution is -2.48. The SMILES string of the molecule is Cc1ccc(-c2nnc(SCC(=O)Nc3ccc(N4CCN(C(=O)c5ccccc5Cl)CC4)cc3)o2)cc1. The van der Waals surface area contributed by atoms with Crippen LogP contribution in [0.25, 0.3) is 11.5 Å². The molecule has 0 spiro atoms. The molecule has 1 saturated heterocycles. The van der Waals surface area contributed by atoms with Crippen molar-refractivity contribution in [1.82, 2.24) is 15.1 Å². The molecule has 1 aromatic heterocycles. The first-order valence-corrected chi connectivity index (χ1v) is 13.5. The zero-order valence-corrected chi connectivity index (χ0v) is 22.3. The minimum atomic E-state index is -0.162. The zero-order valence-electron chi connectivity index (χ0n) is 20.8. The van der Waals surface area contributed by atoms with Crippen LogP contribution in [0.15, 0.2) is 82.4 Å². The fourth-order valence-corrected chi connectivity index (χ4v) is 4.91. The molecule has 194 valence electrons. The summed E-state index contributed by atoms with van der Waals surface area (Å²) in [5.41, 5.74) is 4.27. The number of hydrogen-bond acceptors (Lipinski definition) is 7. The third kappa shape index (κ3) is 6.17. The zero-order chi connectivity index (χ0) is 26.5. The Kier molecular flexibility index (Phi) is 7.95. The number of aromatic nitrogens is 2. The minimum Gasteiger partial charge on any atom is -0.411 e. The van der Waals surface area contributed by atoms with E-state index in [1.165, 1.54) is 11.8 Å². The number of nitrogens with zero attached hydrogens (tertiary/aromatic N) is 4. The van der Waals surface area contributed by atoms with Crippen LogP contribution in [0, 0.1) is 6.92 Å². The third-order valence-electron chi connectivity index (χ3n) is 6.22. The lowest BCUT2D eigenvalue weighted by molar-refractivity contribution is -0.113. The van der Waals surface area contributed by atoms with Gasteiger partial charge in [-0.25, -0.2) is 0 Å². The lowest BCUT2D eigenvalue weighted by atomic mass is 10.1. The maximum Gasteiger partial charge on any atom is 0.277 e. The molecule has 5 rings (SSSR count). The summed E-state index contributed by atoms with van der Waals surface area (Å²) in [5, 5.41) is 11.8. The van der Waals surface area contributed by atoms with Gasteiger partial charge in [0.05, 0.1) is 16.3 Å². The van der Waals surface area contributed by atoms with Gasteiger partial charge < -0.3 is 19.5 Å². The van der Waals surface area contributed by atoms with Gasteiger partial charge in [-0.2, -0.15) is 0 Å². The van der Waals surface area contributed by atoms with Crippen molar-refractivity contribution in [2.45, 2.75) is 12.1 Å². The second-order valence-electron chi connectivity index (χ2n) is 8.88. The lowest BCUT2D eigenvalue weighted by Gasteiger charge is -2.36. The van der Waals surface area contributed by atoms with Crippen LogP contribution in [0.5, 0.6) is 0 Å². The van der Waals surface area contributed by atoms with Crippen LogP contribution in [0.1, 0.15) is 15.9 Å². The maximum absolute atomic E-state index is 12.8. The van der Waals surface area contributed by atoms with E-state index < -0.39 is 0 Å². The van der Waals surface area contributed by atoms with Gasteiger partial charge in [-0.05, 0) is 55.5 Å². The molecule has 3 aromatic carbocycles. The molecule has 2 amide bonds. The molecule has 0 radical (unpaired) electrons. The second kappa shape index (κ2) is 11.7. The number of carbonyl (C=O) groups is 2. The Morgan fingerprint density at radius 1 is 0.947 bits per heavy atom. The van der Waals surface area contributed by atoms with E-state index in [2.05, 4.69) is 20.4 Å². The molecule has 4 aromatic rings. The molecule has 1 fully saturated rings. The normalized spacial score (nSPS) is 13.4. The van der Waals surface area contributed by atoms with E-state index in [-0.39, 0.29) is 17.6 Å². The molecule has 8 nitrogen and oxygen atoms in total. The Morgan fingerprint density at radius 3 is 2.37 bits per heavy atom. The van der Waals surface area contributed by atoms with E-state index in [1.807, 2.05) is 72.5 Å². The summed E-state index contributed by atoms with van der Waals surface area (Å²) in [6, 6.07) is 22.6. The van der Waals surface area contributed by atoms with Crippen molar-refractivity contribution in [1.29, 1.82) is 0 Å². The van der Waals surface area contributed by atoms with Crippen LogP contribution < -0.4 is 10.2 Å². The smallest absolute Gasteiger partial charge is 0.277 e. The Bertz CT molecular complexity index is 1420. The summed E-state index contributed by atoms with van der Waals surface area (Å²) < 4.78 is 5.67. The largest absolute Gasteiger partial charge is 0.411 e. The summed E-state index contributed by atoms with van der Waals surface area (Å²) in [5.74, 6) is 0.374. The number of thioether (sulfide) groups is 1. The fraction of sp³-hybridized carbons (Fsp3) is 0.214. The number of hydrogen-bond donors (Lipinski definition) is 1. The molecule has 2 heterocycles. The monoisotopic (exact) mass is 547 g/mol. The van der Waals surface area contributed by atoms with Crippen LogP contribution in [-0.2, 0) is 4.79 Å². The van der Waals surface area contributed by atoms with Crippen LogP contribution in [0.4, 0.5) is 11.4 Å². The minimum absolute atomic E-state index is 0.0434. The van der Waals surface area contributed by atoms with Crippen molar-refractivity contribution in [3.05, 3.63) is 88.9 Å². The first-order valence-electron chi connectivity index (χ1n) is 12.2. The van der Waals surface area contributed by atoms with Crippen LogP contribution in [-0.4, -0.2) is 58.8 Å². The highest BCUT2D eigenvalue weighted by Gasteiger charge is 2.23. The molecule has 0 aliphatic carbocycles.